The highest BCUT2D eigenvalue weighted by Gasteiger charge is 2.13. The number of nitrogens with one attached hydrogen (secondary N) is 1. The molecule has 0 atom stereocenters. The third-order valence-corrected chi connectivity index (χ3v) is 4.35. The van der Waals surface area contributed by atoms with Crippen LogP contribution in [0.4, 0.5) is 11.4 Å². The van der Waals surface area contributed by atoms with Crippen LogP contribution in [0.2, 0.25) is 0 Å². The zero-order valence-electron chi connectivity index (χ0n) is 16.8. The fraction of sp³-hybridized carbons (Fsp3) is 0.381. The van der Waals surface area contributed by atoms with E-state index in [1.54, 1.807) is 32.4 Å². The number of hydrogen-bond acceptors (Lipinski definition) is 5. The van der Waals surface area contributed by atoms with Crippen molar-refractivity contribution in [3.05, 3.63) is 48.0 Å². The Morgan fingerprint density at radius 1 is 1.04 bits per heavy atom. The maximum Gasteiger partial charge on any atom is 0.238 e. The molecule has 0 heterocycles. The first kappa shape index (κ1) is 20.6. The van der Waals surface area contributed by atoms with Gasteiger partial charge in [0.2, 0.25) is 5.91 Å². The predicted molar refractivity (Wildman–Crippen MR) is 110 cm³/mol. The Morgan fingerprint density at radius 3 is 2.30 bits per heavy atom. The van der Waals surface area contributed by atoms with Gasteiger partial charge in [0.15, 0.2) is 0 Å². The van der Waals surface area contributed by atoms with E-state index in [0.29, 0.717) is 30.3 Å². The second kappa shape index (κ2) is 9.83. The molecule has 0 bridgehead atoms. The minimum Gasteiger partial charge on any atom is -0.497 e. The van der Waals surface area contributed by atoms with Crippen LogP contribution in [0.15, 0.2) is 42.5 Å². The maximum atomic E-state index is 12.5. The lowest BCUT2D eigenvalue weighted by Crippen LogP contribution is -2.32. The Labute approximate surface area is 161 Å². The van der Waals surface area contributed by atoms with Crippen molar-refractivity contribution in [1.29, 1.82) is 0 Å². The molecule has 1 amide bonds. The van der Waals surface area contributed by atoms with E-state index in [-0.39, 0.29) is 5.91 Å². The lowest BCUT2D eigenvalue weighted by atomic mass is 10.2. The van der Waals surface area contributed by atoms with Gasteiger partial charge in [-0.25, -0.2) is 0 Å². The summed E-state index contributed by atoms with van der Waals surface area (Å²) in [6.07, 6.45) is 0. The average molecular weight is 371 g/mol. The summed E-state index contributed by atoms with van der Waals surface area (Å²) < 4.78 is 10.5. The molecule has 6 nitrogen and oxygen atoms in total. The molecular formula is C21H29N3O3. The number of carbonyl (C=O) groups excluding carboxylic acids is 1. The summed E-state index contributed by atoms with van der Waals surface area (Å²) in [6.45, 7) is 3.84. The molecule has 2 aromatic carbocycles. The van der Waals surface area contributed by atoms with Crippen LogP contribution in [0.1, 0.15) is 12.5 Å². The first-order chi connectivity index (χ1) is 13.0. The van der Waals surface area contributed by atoms with Gasteiger partial charge in [0.25, 0.3) is 0 Å². The van der Waals surface area contributed by atoms with Crippen molar-refractivity contribution in [3.63, 3.8) is 0 Å². The van der Waals surface area contributed by atoms with Crippen molar-refractivity contribution in [1.82, 2.24) is 4.90 Å². The van der Waals surface area contributed by atoms with Crippen LogP contribution in [0.25, 0.3) is 0 Å². The van der Waals surface area contributed by atoms with Crippen molar-refractivity contribution in [3.8, 4) is 11.5 Å². The van der Waals surface area contributed by atoms with Gasteiger partial charge < -0.3 is 19.7 Å². The van der Waals surface area contributed by atoms with E-state index in [0.717, 1.165) is 12.2 Å². The molecule has 146 valence electrons. The lowest BCUT2D eigenvalue weighted by molar-refractivity contribution is -0.117. The minimum absolute atomic E-state index is 0.0895. The number of likely N-dealkylation sites (N-methyl/N-ethyl adjacent to an activating group) is 1. The zero-order valence-corrected chi connectivity index (χ0v) is 16.8. The smallest absolute Gasteiger partial charge is 0.238 e. The normalized spacial score (nSPS) is 10.6. The molecule has 0 aliphatic rings. The SMILES string of the molecule is CCN(CC(=O)Nc1cc(OC)ccc1OC)Cc1ccc(N(C)C)cc1. The van der Waals surface area contributed by atoms with E-state index in [1.807, 2.05) is 21.0 Å². The van der Waals surface area contributed by atoms with Crippen LogP contribution in [-0.2, 0) is 11.3 Å². The number of benzene rings is 2. The van der Waals surface area contributed by atoms with Gasteiger partial charge >= 0.3 is 0 Å². The van der Waals surface area contributed by atoms with Gasteiger partial charge in [-0.3, -0.25) is 9.69 Å². The molecule has 2 aromatic rings. The molecule has 6 heteroatoms. The maximum absolute atomic E-state index is 12.5. The van der Waals surface area contributed by atoms with Crippen molar-refractivity contribution < 1.29 is 14.3 Å². The molecule has 0 fully saturated rings. The van der Waals surface area contributed by atoms with Gasteiger partial charge in [-0.15, -0.1) is 0 Å². The van der Waals surface area contributed by atoms with Crippen molar-refractivity contribution >= 4 is 17.3 Å². The highest BCUT2D eigenvalue weighted by molar-refractivity contribution is 5.94. The number of amides is 1. The van der Waals surface area contributed by atoms with Gasteiger partial charge in [-0.05, 0) is 36.4 Å². The summed E-state index contributed by atoms with van der Waals surface area (Å²) in [4.78, 5) is 16.7. The highest BCUT2D eigenvalue weighted by atomic mass is 16.5. The van der Waals surface area contributed by atoms with Gasteiger partial charge in [0.1, 0.15) is 11.5 Å². The van der Waals surface area contributed by atoms with Gasteiger partial charge in [0, 0.05) is 32.4 Å². The molecule has 0 aliphatic heterocycles. The van der Waals surface area contributed by atoms with Crippen LogP contribution in [0.3, 0.4) is 0 Å². The highest BCUT2D eigenvalue weighted by Crippen LogP contribution is 2.28. The van der Waals surface area contributed by atoms with E-state index in [9.17, 15) is 4.79 Å². The average Bonchev–Trinajstić information content (AvgIpc) is 2.67. The monoisotopic (exact) mass is 371 g/mol. The number of nitrogens with zero attached hydrogens (tertiary/aromatic N) is 2. The van der Waals surface area contributed by atoms with E-state index in [1.165, 1.54) is 5.56 Å². The van der Waals surface area contributed by atoms with Gasteiger partial charge in [0.05, 0.1) is 26.5 Å². The third kappa shape index (κ3) is 5.89. The lowest BCUT2D eigenvalue weighted by Gasteiger charge is -2.21. The standard InChI is InChI=1S/C21H29N3O3/c1-6-24(14-16-7-9-17(10-8-16)23(2)3)15-21(25)22-19-13-18(26-4)11-12-20(19)27-5/h7-13H,6,14-15H2,1-5H3,(H,22,25). The Bertz CT molecular complexity index is 745. The zero-order chi connectivity index (χ0) is 19.8. The fourth-order valence-electron chi connectivity index (χ4n) is 2.74. The van der Waals surface area contributed by atoms with Crippen molar-refractivity contribution in [2.24, 2.45) is 0 Å². The van der Waals surface area contributed by atoms with Crippen LogP contribution in [0, 0.1) is 0 Å². The summed E-state index contributed by atoms with van der Waals surface area (Å²) in [6, 6.07) is 13.7. The van der Waals surface area contributed by atoms with E-state index < -0.39 is 0 Å². The number of rotatable bonds is 9. The fourth-order valence-corrected chi connectivity index (χ4v) is 2.74. The molecule has 0 saturated carbocycles. The Balaban J connectivity index is 2.00. The summed E-state index contributed by atoms with van der Waals surface area (Å²) in [5, 5.41) is 2.92. The second-order valence-electron chi connectivity index (χ2n) is 6.48. The van der Waals surface area contributed by atoms with Crippen molar-refractivity contribution in [2.45, 2.75) is 13.5 Å². The molecule has 27 heavy (non-hydrogen) atoms. The molecule has 1 N–H and O–H groups in total. The van der Waals surface area contributed by atoms with Crippen LogP contribution >= 0.6 is 0 Å². The first-order valence-corrected chi connectivity index (χ1v) is 8.97. The third-order valence-electron chi connectivity index (χ3n) is 4.35. The molecule has 2 rings (SSSR count). The predicted octanol–water partition coefficient (Wildman–Crippen LogP) is 3.23. The Morgan fingerprint density at radius 2 is 1.74 bits per heavy atom. The Kier molecular flexibility index (Phi) is 7.49. The number of methoxy groups -OCH3 is 2. The van der Waals surface area contributed by atoms with Crippen LogP contribution in [-0.4, -0.2) is 52.2 Å². The topological polar surface area (TPSA) is 54.0 Å². The first-order valence-electron chi connectivity index (χ1n) is 8.97. The van der Waals surface area contributed by atoms with Crippen LogP contribution in [0.5, 0.6) is 11.5 Å². The van der Waals surface area contributed by atoms with E-state index >= 15 is 0 Å². The van der Waals surface area contributed by atoms with E-state index in [2.05, 4.69) is 39.4 Å². The number of carbonyl (C=O) groups is 1. The van der Waals surface area contributed by atoms with Crippen molar-refractivity contribution in [2.75, 3.05) is 51.6 Å². The minimum atomic E-state index is -0.0895. The molecule has 0 aromatic heterocycles. The number of ether oxygens (including phenoxy) is 2. The molecular weight excluding hydrogens is 342 g/mol. The summed E-state index contributed by atoms with van der Waals surface area (Å²) in [5.74, 6) is 1.18. The molecule has 0 radical (unpaired) electrons. The molecule has 0 saturated heterocycles. The van der Waals surface area contributed by atoms with E-state index in [4.69, 9.17) is 9.47 Å². The summed E-state index contributed by atoms with van der Waals surface area (Å²) in [5.41, 5.74) is 2.94. The summed E-state index contributed by atoms with van der Waals surface area (Å²) >= 11 is 0. The molecule has 0 unspecified atom stereocenters. The molecule has 0 spiro atoms. The Hall–Kier alpha value is -2.73. The quantitative estimate of drug-likeness (QED) is 0.733. The second-order valence-corrected chi connectivity index (χ2v) is 6.48. The largest absolute Gasteiger partial charge is 0.497 e. The number of anilines is 2. The summed E-state index contributed by atoms with van der Waals surface area (Å²) in [7, 11) is 7.20. The number of hydrogen-bond donors (Lipinski definition) is 1. The van der Waals surface area contributed by atoms with Crippen LogP contribution < -0.4 is 19.7 Å². The van der Waals surface area contributed by atoms with Gasteiger partial charge in [-0.1, -0.05) is 19.1 Å². The molecule has 0 aliphatic carbocycles. The van der Waals surface area contributed by atoms with Gasteiger partial charge in [-0.2, -0.15) is 0 Å².